The van der Waals surface area contributed by atoms with Gasteiger partial charge in [-0.05, 0) is 48.6 Å². The van der Waals surface area contributed by atoms with E-state index in [9.17, 15) is 4.79 Å². The average Bonchev–Trinajstić information content (AvgIpc) is 3.39. The molecule has 0 amide bonds. The Hall–Kier alpha value is -2.62. The summed E-state index contributed by atoms with van der Waals surface area (Å²) in [7, 11) is 1.79. The van der Waals surface area contributed by atoms with Gasteiger partial charge in [-0.1, -0.05) is 24.3 Å². The van der Waals surface area contributed by atoms with Crippen molar-refractivity contribution < 1.29 is 0 Å². The van der Waals surface area contributed by atoms with E-state index in [1.807, 2.05) is 30.3 Å². The SMILES string of the molecule is CNc1nc(=O)n(-c2ccccc2)c2cc(C3CC3)ccc12. The Morgan fingerprint density at radius 1 is 1.14 bits per heavy atom. The van der Waals surface area contributed by atoms with E-state index in [0.29, 0.717) is 11.7 Å². The van der Waals surface area contributed by atoms with Gasteiger partial charge in [-0.25, -0.2) is 4.79 Å². The van der Waals surface area contributed by atoms with Crippen molar-refractivity contribution >= 4 is 16.7 Å². The molecule has 0 atom stereocenters. The second-order valence-electron chi connectivity index (χ2n) is 5.71. The van der Waals surface area contributed by atoms with Crippen LogP contribution in [0.2, 0.25) is 0 Å². The summed E-state index contributed by atoms with van der Waals surface area (Å²) >= 11 is 0. The number of fused-ring (bicyclic) bond motifs is 1. The number of nitrogens with zero attached hydrogens (tertiary/aromatic N) is 2. The van der Waals surface area contributed by atoms with Gasteiger partial charge in [0.15, 0.2) is 0 Å². The van der Waals surface area contributed by atoms with Gasteiger partial charge in [0, 0.05) is 12.4 Å². The molecule has 4 heteroatoms. The van der Waals surface area contributed by atoms with E-state index in [2.05, 4.69) is 28.5 Å². The minimum Gasteiger partial charge on any atom is -0.372 e. The fraction of sp³-hybridized carbons (Fsp3) is 0.222. The molecule has 0 unspecified atom stereocenters. The summed E-state index contributed by atoms with van der Waals surface area (Å²) in [6, 6.07) is 16.1. The largest absolute Gasteiger partial charge is 0.372 e. The first-order chi connectivity index (χ1) is 10.8. The van der Waals surface area contributed by atoms with Gasteiger partial charge in [-0.15, -0.1) is 0 Å². The van der Waals surface area contributed by atoms with E-state index < -0.39 is 0 Å². The highest BCUT2D eigenvalue weighted by Crippen LogP contribution is 2.41. The van der Waals surface area contributed by atoms with Gasteiger partial charge in [-0.3, -0.25) is 4.57 Å². The molecular weight excluding hydrogens is 274 g/mol. The molecule has 2 aromatic carbocycles. The molecule has 1 aliphatic rings. The minimum atomic E-state index is -0.254. The molecule has 0 radical (unpaired) electrons. The van der Waals surface area contributed by atoms with Gasteiger partial charge in [0.25, 0.3) is 0 Å². The first-order valence-corrected chi connectivity index (χ1v) is 7.58. The van der Waals surface area contributed by atoms with Crippen molar-refractivity contribution in [3.63, 3.8) is 0 Å². The lowest BCUT2D eigenvalue weighted by Gasteiger charge is -2.13. The molecule has 1 fully saturated rings. The maximum atomic E-state index is 12.5. The molecule has 4 rings (SSSR count). The van der Waals surface area contributed by atoms with Crippen molar-refractivity contribution in [1.29, 1.82) is 0 Å². The van der Waals surface area contributed by atoms with Crippen molar-refractivity contribution in [3.8, 4) is 5.69 Å². The zero-order valence-corrected chi connectivity index (χ0v) is 12.4. The maximum absolute atomic E-state index is 12.5. The number of hydrogen-bond donors (Lipinski definition) is 1. The number of rotatable bonds is 3. The van der Waals surface area contributed by atoms with Gasteiger partial charge in [0.2, 0.25) is 0 Å². The third-order valence-electron chi connectivity index (χ3n) is 4.22. The van der Waals surface area contributed by atoms with E-state index >= 15 is 0 Å². The lowest BCUT2D eigenvalue weighted by atomic mass is 10.1. The van der Waals surface area contributed by atoms with Crippen molar-refractivity contribution in [2.24, 2.45) is 0 Å². The second-order valence-corrected chi connectivity index (χ2v) is 5.71. The number of aromatic nitrogens is 2. The summed E-state index contributed by atoms with van der Waals surface area (Å²) in [5, 5.41) is 4.00. The third-order valence-corrected chi connectivity index (χ3v) is 4.22. The molecule has 3 aromatic rings. The Bertz CT molecular complexity index is 895. The van der Waals surface area contributed by atoms with Crippen molar-refractivity contribution in [2.45, 2.75) is 18.8 Å². The quantitative estimate of drug-likeness (QED) is 0.805. The normalized spacial score (nSPS) is 14.2. The standard InChI is InChI=1S/C18H17N3O/c1-19-17-15-10-9-13(12-7-8-12)11-16(15)21(18(22)20-17)14-5-3-2-4-6-14/h2-6,9-12H,7-8H2,1H3,(H,19,20,22). The topological polar surface area (TPSA) is 46.9 Å². The van der Waals surface area contributed by atoms with E-state index in [0.717, 1.165) is 16.6 Å². The van der Waals surface area contributed by atoms with Crippen LogP contribution in [-0.4, -0.2) is 16.6 Å². The number of para-hydroxylation sites is 1. The summed E-state index contributed by atoms with van der Waals surface area (Å²) in [5.41, 5.74) is 2.82. The Kier molecular flexibility index (Phi) is 2.96. The number of anilines is 1. The van der Waals surface area contributed by atoms with Gasteiger partial charge >= 0.3 is 5.69 Å². The fourth-order valence-corrected chi connectivity index (χ4v) is 2.93. The molecule has 0 aliphatic heterocycles. The van der Waals surface area contributed by atoms with Crippen molar-refractivity contribution in [2.75, 3.05) is 12.4 Å². The fourth-order valence-electron chi connectivity index (χ4n) is 2.93. The highest BCUT2D eigenvalue weighted by molar-refractivity contribution is 5.90. The van der Waals surface area contributed by atoms with Crippen LogP contribution in [-0.2, 0) is 0 Å². The lowest BCUT2D eigenvalue weighted by Crippen LogP contribution is -2.23. The van der Waals surface area contributed by atoms with Crippen LogP contribution in [0.1, 0.15) is 24.3 Å². The monoisotopic (exact) mass is 291 g/mol. The smallest absolute Gasteiger partial charge is 0.354 e. The molecule has 22 heavy (non-hydrogen) atoms. The second kappa shape index (κ2) is 4.98. The Morgan fingerprint density at radius 3 is 2.59 bits per heavy atom. The molecule has 4 nitrogen and oxygen atoms in total. The van der Waals surface area contributed by atoms with Crippen LogP contribution in [0, 0.1) is 0 Å². The predicted molar refractivity (Wildman–Crippen MR) is 88.9 cm³/mol. The molecule has 0 saturated heterocycles. The Balaban J connectivity index is 2.07. The van der Waals surface area contributed by atoms with Crippen molar-refractivity contribution in [1.82, 2.24) is 9.55 Å². The maximum Gasteiger partial charge on any atom is 0.354 e. The summed E-state index contributed by atoms with van der Waals surface area (Å²) in [6.45, 7) is 0. The van der Waals surface area contributed by atoms with Crippen LogP contribution in [0.25, 0.3) is 16.6 Å². The highest BCUT2D eigenvalue weighted by atomic mass is 16.1. The van der Waals surface area contributed by atoms with Gasteiger partial charge in [0.05, 0.1) is 11.2 Å². The van der Waals surface area contributed by atoms with Crippen LogP contribution in [0.4, 0.5) is 5.82 Å². The van der Waals surface area contributed by atoms with Crippen LogP contribution >= 0.6 is 0 Å². The number of nitrogens with one attached hydrogen (secondary N) is 1. The molecule has 1 aliphatic carbocycles. The zero-order valence-electron chi connectivity index (χ0n) is 12.4. The average molecular weight is 291 g/mol. The predicted octanol–water partition coefficient (Wildman–Crippen LogP) is 3.30. The van der Waals surface area contributed by atoms with E-state index in [1.54, 1.807) is 11.6 Å². The van der Waals surface area contributed by atoms with E-state index in [-0.39, 0.29) is 5.69 Å². The van der Waals surface area contributed by atoms with Crippen LogP contribution in [0.3, 0.4) is 0 Å². The number of benzene rings is 2. The molecule has 0 spiro atoms. The Labute approximate surface area is 128 Å². The molecular formula is C18H17N3O. The number of hydrogen-bond acceptors (Lipinski definition) is 3. The summed E-state index contributed by atoms with van der Waals surface area (Å²) in [6.07, 6.45) is 2.48. The van der Waals surface area contributed by atoms with Gasteiger partial charge in [-0.2, -0.15) is 4.98 Å². The zero-order chi connectivity index (χ0) is 15.1. The first-order valence-electron chi connectivity index (χ1n) is 7.58. The van der Waals surface area contributed by atoms with E-state index in [1.165, 1.54) is 18.4 Å². The molecule has 1 aromatic heterocycles. The molecule has 1 heterocycles. The minimum absolute atomic E-state index is 0.254. The highest BCUT2D eigenvalue weighted by Gasteiger charge is 2.24. The van der Waals surface area contributed by atoms with Gasteiger partial charge in [0.1, 0.15) is 5.82 Å². The molecule has 110 valence electrons. The lowest BCUT2D eigenvalue weighted by molar-refractivity contribution is 0.958. The Morgan fingerprint density at radius 2 is 1.91 bits per heavy atom. The van der Waals surface area contributed by atoms with Crippen LogP contribution in [0.15, 0.2) is 53.3 Å². The molecule has 0 bridgehead atoms. The van der Waals surface area contributed by atoms with Crippen LogP contribution < -0.4 is 11.0 Å². The molecule has 1 N–H and O–H groups in total. The summed E-state index contributed by atoms with van der Waals surface area (Å²) in [5.74, 6) is 1.28. The van der Waals surface area contributed by atoms with E-state index in [4.69, 9.17) is 0 Å². The van der Waals surface area contributed by atoms with Gasteiger partial charge < -0.3 is 5.32 Å². The molecule has 1 saturated carbocycles. The summed E-state index contributed by atoms with van der Waals surface area (Å²) in [4.78, 5) is 16.7. The summed E-state index contributed by atoms with van der Waals surface area (Å²) < 4.78 is 1.70. The van der Waals surface area contributed by atoms with Crippen LogP contribution in [0.5, 0.6) is 0 Å². The third kappa shape index (κ3) is 2.08. The van der Waals surface area contributed by atoms with Crippen molar-refractivity contribution in [3.05, 3.63) is 64.6 Å². The first kappa shape index (κ1) is 13.1.